The van der Waals surface area contributed by atoms with Gasteiger partial charge in [0.05, 0.1) is 6.10 Å². The first-order valence-corrected chi connectivity index (χ1v) is 6.48. The fourth-order valence-electron chi connectivity index (χ4n) is 1.89. The van der Waals surface area contributed by atoms with Crippen LogP contribution in [-0.2, 0) is 4.74 Å². The first kappa shape index (κ1) is 12.1. The molecule has 1 saturated heterocycles. The van der Waals surface area contributed by atoms with E-state index in [1.54, 1.807) is 0 Å². The minimum Gasteiger partial charge on any atom is -0.372 e. The van der Waals surface area contributed by atoms with Gasteiger partial charge in [0.1, 0.15) is 0 Å². The Kier molecular flexibility index (Phi) is 3.67. The molecule has 2 rings (SSSR count). The average molecular weight is 284 g/mol. The maximum absolute atomic E-state index is 5.90. The quantitative estimate of drug-likeness (QED) is 0.854. The molecule has 3 heteroatoms. The largest absolute Gasteiger partial charge is 0.372 e. The van der Waals surface area contributed by atoms with Crippen molar-refractivity contribution in [3.8, 4) is 0 Å². The summed E-state index contributed by atoms with van der Waals surface area (Å²) in [6.07, 6.45) is 1.22. The molecule has 2 nitrogen and oxygen atoms in total. The van der Waals surface area contributed by atoms with Crippen molar-refractivity contribution < 1.29 is 4.74 Å². The molecule has 1 heterocycles. The van der Waals surface area contributed by atoms with Crippen LogP contribution in [0.2, 0.25) is 0 Å². The van der Waals surface area contributed by atoms with E-state index in [2.05, 4.69) is 53.3 Å². The van der Waals surface area contributed by atoms with E-state index < -0.39 is 0 Å². The van der Waals surface area contributed by atoms with Gasteiger partial charge in [0.2, 0.25) is 0 Å². The summed E-state index contributed by atoms with van der Waals surface area (Å²) in [4.78, 5) is 0. The van der Waals surface area contributed by atoms with Crippen molar-refractivity contribution in [1.82, 2.24) is 5.32 Å². The minimum absolute atomic E-state index is 0.166. The van der Waals surface area contributed by atoms with Gasteiger partial charge in [0.15, 0.2) is 0 Å². The molecule has 0 aliphatic carbocycles. The Labute approximate surface area is 106 Å². The molecular formula is C13H18BrNO. The van der Waals surface area contributed by atoms with Gasteiger partial charge in [-0.05, 0) is 38.0 Å². The van der Waals surface area contributed by atoms with E-state index in [4.69, 9.17) is 4.74 Å². The first-order chi connectivity index (χ1) is 7.57. The summed E-state index contributed by atoms with van der Waals surface area (Å²) in [5.41, 5.74) is 1.42. The highest BCUT2D eigenvalue weighted by atomic mass is 79.9. The van der Waals surface area contributed by atoms with Crippen LogP contribution in [0.4, 0.5) is 0 Å². The highest BCUT2D eigenvalue weighted by molar-refractivity contribution is 9.10. The van der Waals surface area contributed by atoms with Gasteiger partial charge in [-0.2, -0.15) is 0 Å². The highest BCUT2D eigenvalue weighted by Crippen LogP contribution is 2.25. The zero-order valence-corrected chi connectivity index (χ0v) is 11.4. The Morgan fingerprint density at radius 2 is 2.25 bits per heavy atom. The van der Waals surface area contributed by atoms with Crippen LogP contribution < -0.4 is 5.32 Å². The van der Waals surface area contributed by atoms with Crippen LogP contribution in [0.3, 0.4) is 0 Å². The number of ether oxygens (including phenoxy) is 1. The molecule has 0 saturated carbocycles. The first-order valence-electron chi connectivity index (χ1n) is 5.69. The SMILES string of the molecule is CC1(C)CCOC(c2cccc(Br)c2)CN1. The zero-order valence-electron chi connectivity index (χ0n) is 9.79. The second-order valence-electron chi connectivity index (χ2n) is 4.93. The van der Waals surface area contributed by atoms with Crippen molar-refractivity contribution in [3.05, 3.63) is 34.3 Å². The smallest absolute Gasteiger partial charge is 0.0949 e. The van der Waals surface area contributed by atoms with E-state index in [9.17, 15) is 0 Å². The highest BCUT2D eigenvalue weighted by Gasteiger charge is 2.24. The van der Waals surface area contributed by atoms with Crippen LogP contribution in [0.15, 0.2) is 28.7 Å². The van der Waals surface area contributed by atoms with Crippen LogP contribution in [0, 0.1) is 0 Å². The molecular weight excluding hydrogens is 266 g/mol. The third-order valence-electron chi connectivity index (χ3n) is 3.03. The molecule has 0 bridgehead atoms. The third-order valence-corrected chi connectivity index (χ3v) is 3.53. The van der Waals surface area contributed by atoms with Gasteiger partial charge < -0.3 is 10.1 Å². The number of halogens is 1. The Morgan fingerprint density at radius 1 is 1.44 bits per heavy atom. The summed E-state index contributed by atoms with van der Waals surface area (Å²) in [6.45, 7) is 6.14. The Balaban J connectivity index is 2.11. The molecule has 16 heavy (non-hydrogen) atoms. The van der Waals surface area contributed by atoms with Gasteiger partial charge in [0.25, 0.3) is 0 Å². The standard InChI is InChI=1S/C13H18BrNO/c1-13(2)6-7-16-12(9-15-13)10-4-3-5-11(14)8-10/h3-5,8,12,15H,6-7,9H2,1-2H3. The molecule has 0 amide bonds. The monoisotopic (exact) mass is 283 g/mol. The molecule has 1 atom stereocenters. The lowest BCUT2D eigenvalue weighted by molar-refractivity contribution is 0.0656. The summed E-state index contributed by atoms with van der Waals surface area (Å²) in [6, 6.07) is 8.34. The Hall–Kier alpha value is -0.380. The molecule has 1 aromatic rings. The van der Waals surface area contributed by atoms with Gasteiger partial charge in [0, 0.05) is 23.2 Å². The summed E-state index contributed by atoms with van der Waals surface area (Å²) < 4.78 is 7.00. The molecule has 1 aliphatic rings. The summed E-state index contributed by atoms with van der Waals surface area (Å²) in [5, 5.41) is 3.55. The van der Waals surface area contributed by atoms with Gasteiger partial charge >= 0.3 is 0 Å². The van der Waals surface area contributed by atoms with Crippen molar-refractivity contribution in [2.75, 3.05) is 13.2 Å². The number of hydrogen-bond acceptors (Lipinski definition) is 2. The lowest BCUT2D eigenvalue weighted by atomic mass is 10.0. The van der Waals surface area contributed by atoms with E-state index >= 15 is 0 Å². The van der Waals surface area contributed by atoms with Crippen molar-refractivity contribution >= 4 is 15.9 Å². The minimum atomic E-state index is 0.166. The van der Waals surface area contributed by atoms with E-state index in [-0.39, 0.29) is 11.6 Å². The summed E-state index contributed by atoms with van der Waals surface area (Å²) in [5.74, 6) is 0. The molecule has 1 N–H and O–H groups in total. The predicted octanol–water partition coefficient (Wildman–Crippen LogP) is 3.28. The van der Waals surface area contributed by atoms with Crippen LogP contribution in [0.1, 0.15) is 31.9 Å². The van der Waals surface area contributed by atoms with E-state index in [1.165, 1.54) is 5.56 Å². The van der Waals surface area contributed by atoms with Gasteiger partial charge in [-0.3, -0.25) is 0 Å². The Bertz CT molecular complexity index is 365. The van der Waals surface area contributed by atoms with Crippen molar-refractivity contribution in [2.24, 2.45) is 0 Å². The van der Waals surface area contributed by atoms with Crippen molar-refractivity contribution in [1.29, 1.82) is 0 Å². The lowest BCUT2D eigenvalue weighted by Gasteiger charge is -2.23. The molecule has 88 valence electrons. The van der Waals surface area contributed by atoms with Crippen LogP contribution in [0.25, 0.3) is 0 Å². The maximum Gasteiger partial charge on any atom is 0.0949 e. The number of rotatable bonds is 1. The summed E-state index contributed by atoms with van der Waals surface area (Å²) >= 11 is 3.49. The topological polar surface area (TPSA) is 21.3 Å². The number of benzene rings is 1. The van der Waals surface area contributed by atoms with Gasteiger partial charge in [-0.1, -0.05) is 28.1 Å². The normalized spacial score (nSPS) is 25.1. The fraction of sp³-hybridized carbons (Fsp3) is 0.538. The van der Waals surface area contributed by atoms with Gasteiger partial charge in [-0.15, -0.1) is 0 Å². The summed E-state index contributed by atoms with van der Waals surface area (Å²) in [7, 11) is 0. The van der Waals surface area contributed by atoms with E-state index in [1.807, 2.05) is 6.07 Å². The number of hydrogen-bond donors (Lipinski definition) is 1. The molecule has 1 aromatic carbocycles. The molecule has 1 aliphatic heterocycles. The second kappa shape index (κ2) is 4.86. The maximum atomic E-state index is 5.90. The van der Waals surface area contributed by atoms with Crippen molar-refractivity contribution in [3.63, 3.8) is 0 Å². The molecule has 1 unspecified atom stereocenters. The van der Waals surface area contributed by atoms with Crippen LogP contribution in [0.5, 0.6) is 0 Å². The average Bonchev–Trinajstić information content (AvgIpc) is 2.39. The van der Waals surface area contributed by atoms with Gasteiger partial charge in [-0.25, -0.2) is 0 Å². The second-order valence-corrected chi connectivity index (χ2v) is 5.84. The van der Waals surface area contributed by atoms with Crippen LogP contribution >= 0.6 is 15.9 Å². The van der Waals surface area contributed by atoms with Crippen molar-refractivity contribution in [2.45, 2.75) is 31.9 Å². The lowest BCUT2D eigenvalue weighted by Crippen LogP contribution is -2.39. The zero-order chi connectivity index (χ0) is 11.6. The Morgan fingerprint density at radius 3 is 3.00 bits per heavy atom. The predicted molar refractivity (Wildman–Crippen MR) is 69.5 cm³/mol. The molecule has 0 aromatic heterocycles. The molecule has 0 spiro atoms. The fourth-order valence-corrected chi connectivity index (χ4v) is 2.31. The van der Waals surface area contributed by atoms with Crippen LogP contribution in [-0.4, -0.2) is 18.7 Å². The third kappa shape index (κ3) is 3.06. The van der Waals surface area contributed by atoms with E-state index in [0.29, 0.717) is 0 Å². The molecule has 0 radical (unpaired) electrons. The number of nitrogens with one attached hydrogen (secondary N) is 1. The molecule has 1 fully saturated rings. The van der Waals surface area contributed by atoms with E-state index in [0.717, 1.165) is 24.0 Å².